The Kier molecular flexibility index (Phi) is 4.59. The number of nitrogens with one attached hydrogen (secondary N) is 1. The number of alkyl halides is 3. The van der Waals surface area contributed by atoms with Crippen molar-refractivity contribution in [1.29, 1.82) is 5.26 Å². The Morgan fingerprint density at radius 2 is 2.13 bits per heavy atom. The van der Waals surface area contributed by atoms with Crippen LogP contribution in [0, 0.1) is 17.1 Å². The maximum absolute atomic E-state index is 13.9. The predicted molar refractivity (Wildman–Crippen MR) is 66.8 cm³/mol. The molecule has 1 amide bonds. The van der Waals surface area contributed by atoms with E-state index >= 15 is 0 Å². The lowest BCUT2D eigenvalue weighted by atomic mass is 10.1. The van der Waals surface area contributed by atoms with Gasteiger partial charge in [-0.25, -0.2) is 4.39 Å². The number of halogens is 4. The molecule has 0 fully saturated rings. The lowest BCUT2D eigenvalue weighted by molar-refractivity contribution is -0.159. The monoisotopic (exact) mass is 328 g/mol. The van der Waals surface area contributed by atoms with Crippen LogP contribution < -0.4 is 5.32 Å². The van der Waals surface area contributed by atoms with Crippen LogP contribution in [0.15, 0.2) is 22.7 Å². The maximum Gasteiger partial charge on any atom is 0.471 e. The Labute approximate surface area is 126 Å². The highest BCUT2D eigenvalue weighted by molar-refractivity contribution is 5.77. The second-order valence-corrected chi connectivity index (χ2v) is 4.34. The van der Waals surface area contributed by atoms with Crippen LogP contribution in [-0.4, -0.2) is 16.0 Å². The van der Waals surface area contributed by atoms with Gasteiger partial charge < -0.3 is 9.84 Å². The zero-order chi connectivity index (χ0) is 17.0. The summed E-state index contributed by atoms with van der Waals surface area (Å²) in [6.07, 6.45) is -5.14. The van der Waals surface area contributed by atoms with Crippen LogP contribution in [0.25, 0.3) is 11.4 Å². The molecule has 0 saturated carbocycles. The molecule has 0 radical (unpaired) electrons. The third kappa shape index (κ3) is 4.03. The first-order valence-corrected chi connectivity index (χ1v) is 6.14. The normalized spacial score (nSPS) is 11.1. The summed E-state index contributed by atoms with van der Waals surface area (Å²) < 4.78 is 55.0. The van der Waals surface area contributed by atoms with Gasteiger partial charge >= 0.3 is 12.1 Å². The molecule has 2 rings (SSSR count). The lowest BCUT2D eigenvalue weighted by Crippen LogP contribution is -2.22. The van der Waals surface area contributed by atoms with E-state index in [-0.39, 0.29) is 24.1 Å². The van der Waals surface area contributed by atoms with Gasteiger partial charge in [-0.1, -0.05) is 17.3 Å². The van der Waals surface area contributed by atoms with Crippen molar-refractivity contribution in [3.05, 3.63) is 35.5 Å². The van der Waals surface area contributed by atoms with E-state index in [1.54, 1.807) is 6.07 Å². The highest BCUT2D eigenvalue weighted by Crippen LogP contribution is 2.29. The van der Waals surface area contributed by atoms with Crippen LogP contribution >= 0.6 is 0 Å². The smallest absolute Gasteiger partial charge is 0.351 e. The van der Waals surface area contributed by atoms with Gasteiger partial charge in [0.2, 0.25) is 11.7 Å². The van der Waals surface area contributed by atoms with Gasteiger partial charge in [0.25, 0.3) is 0 Å². The molecule has 2 aromatic rings. The summed E-state index contributed by atoms with van der Waals surface area (Å²) in [6.45, 7) is -0.160. The highest BCUT2D eigenvalue weighted by Gasteiger charge is 2.38. The molecule has 0 unspecified atom stereocenters. The molecule has 23 heavy (non-hydrogen) atoms. The summed E-state index contributed by atoms with van der Waals surface area (Å²) in [5, 5.41) is 13.8. The largest absolute Gasteiger partial charge is 0.471 e. The first-order valence-electron chi connectivity index (χ1n) is 6.14. The van der Waals surface area contributed by atoms with E-state index < -0.39 is 29.6 Å². The number of benzene rings is 1. The molecule has 120 valence electrons. The van der Waals surface area contributed by atoms with Crippen LogP contribution in [0.5, 0.6) is 0 Å². The third-order valence-corrected chi connectivity index (χ3v) is 2.70. The predicted octanol–water partition coefficient (Wildman–Crippen LogP) is 2.42. The van der Waals surface area contributed by atoms with Crippen LogP contribution in [0.3, 0.4) is 0 Å². The number of nitrogens with zero attached hydrogens (tertiary/aromatic N) is 3. The van der Waals surface area contributed by atoms with Crippen molar-refractivity contribution in [1.82, 2.24) is 15.5 Å². The second kappa shape index (κ2) is 6.43. The molecule has 0 bridgehead atoms. The van der Waals surface area contributed by atoms with Gasteiger partial charge in [-0.3, -0.25) is 4.79 Å². The molecular formula is C13H8F4N4O2. The summed E-state index contributed by atoms with van der Waals surface area (Å²) in [6, 6.07) is 5.12. The minimum absolute atomic E-state index is 0.00569. The topological polar surface area (TPSA) is 91.8 Å². The van der Waals surface area contributed by atoms with E-state index in [9.17, 15) is 22.4 Å². The molecule has 1 aromatic carbocycles. The van der Waals surface area contributed by atoms with E-state index in [0.29, 0.717) is 0 Å². The van der Waals surface area contributed by atoms with Gasteiger partial charge in [-0.2, -0.15) is 23.4 Å². The van der Waals surface area contributed by atoms with Crippen LogP contribution in [-0.2, 0) is 17.5 Å². The van der Waals surface area contributed by atoms with Gasteiger partial charge in [0.15, 0.2) is 0 Å². The Morgan fingerprint density at radius 1 is 1.39 bits per heavy atom. The number of carbonyl (C=O) groups excluding carboxylic acids is 1. The molecule has 10 heteroatoms. The molecule has 0 aliphatic heterocycles. The van der Waals surface area contributed by atoms with Crippen molar-refractivity contribution in [2.75, 3.05) is 0 Å². The molecular weight excluding hydrogens is 320 g/mol. The number of amides is 1. The van der Waals surface area contributed by atoms with Gasteiger partial charge in [0.1, 0.15) is 12.2 Å². The molecule has 1 N–H and O–H groups in total. The van der Waals surface area contributed by atoms with Crippen molar-refractivity contribution in [3.8, 4) is 17.5 Å². The average molecular weight is 328 g/mol. The fourth-order valence-corrected chi connectivity index (χ4v) is 1.61. The van der Waals surface area contributed by atoms with Crippen molar-refractivity contribution < 1.29 is 26.9 Å². The van der Waals surface area contributed by atoms with Crippen molar-refractivity contribution in [2.24, 2.45) is 0 Å². The number of nitriles is 1. The fraction of sp³-hybridized carbons (Fsp3) is 0.231. The summed E-state index contributed by atoms with van der Waals surface area (Å²) in [5.41, 5.74) is 0.0911. The number of carbonyl (C=O) groups is 1. The van der Waals surface area contributed by atoms with Crippen LogP contribution in [0.4, 0.5) is 17.6 Å². The molecule has 0 saturated heterocycles. The van der Waals surface area contributed by atoms with Gasteiger partial charge in [-0.05, 0) is 6.07 Å². The average Bonchev–Trinajstić information content (AvgIpc) is 2.96. The fourth-order valence-electron chi connectivity index (χ4n) is 1.61. The standard InChI is InChI=1S/C13H8F4N4O2/c14-9-5-7(11-20-12(23-21-11)13(15,16)17)1-2-8(9)6-19-10(22)3-4-18/h1-2,5H,3,6H2,(H,19,22). The van der Waals surface area contributed by atoms with Crippen LogP contribution in [0.1, 0.15) is 17.9 Å². The Hall–Kier alpha value is -2.96. The summed E-state index contributed by atoms with van der Waals surface area (Å²) in [5.74, 6) is -3.26. The summed E-state index contributed by atoms with van der Waals surface area (Å²) >= 11 is 0. The molecule has 0 atom stereocenters. The first kappa shape index (κ1) is 16.4. The minimum atomic E-state index is -4.78. The zero-order valence-electron chi connectivity index (χ0n) is 11.3. The third-order valence-electron chi connectivity index (χ3n) is 2.70. The highest BCUT2D eigenvalue weighted by atomic mass is 19.4. The molecule has 0 spiro atoms. The number of rotatable bonds is 4. The number of hydrogen-bond donors (Lipinski definition) is 1. The van der Waals surface area contributed by atoms with Crippen molar-refractivity contribution in [3.63, 3.8) is 0 Å². The molecule has 6 nitrogen and oxygen atoms in total. The Balaban J connectivity index is 2.15. The Bertz CT molecular complexity index is 764. The van der Waals surface area contributed by atoms with E-state index in [1.807, 2.05) is 0 Å². The Morgan fingerprint density at radius 3 is 2.70 bits per heavy atom. The van der Waals surface area contributed by atoms with E-state index in [0.717, 1.165) is 6.07 Å². The SMILES string of the molecule is N#CCC(=O)NCc1ccc(-c2noc(C(F)(F)F)n2)cc1F. The van der Waals surface area contributed by atoms with Crippen molar-refractivity contribution in [2.45, 2.75) is 19.1 Å². The number of aromatic nitrogens is 2. The number of hydrogen-bond acceptors (Lipinski definition) is 5. The van der Waals surface area contributed by atoms with E-state index in [1.165, 1.54) is 12.1 Å². The lowest BCUT2D eigenvalue weighted by Gasteiger charge is -2.05. The quantitative estimate of drug-likeness (QED) is 0.870. The summed E-state index contributed by atoms with van der Waals surface area (Å²) in [7, 11) is 0. The second-order valence-electron chi connectivity index (χ2n) is 4.34. The molecule has 1 aromatic heterocycles. The summed E-state index contributed by atoms with van der Waals surface area (Å²) in [4.78, 5) is 14.3. The van der Waals surface area contributed by atoms with Crippen molar-refractivity contribution >= 4 is 5.91 Å². The molecule has 0 aliphatic carbocycles. The first-order chi connectivity index (χ1) is 10.8. The molecule has 1 heterocycles. The minimum Gasteiger partial charge on any atom is -0.351 e. The van der Waals surface area contributed by atoms with E-state index in [2.05, 4.69) is 20.0 Å². The zero-order valence-corrected chi connectivity index (χ0v) is 11.3. The molecule has 0 aliphatic rings. The van der Waals surface area contributed by atoms with Gasteiger partial charge in [0.05, 0.1) is 6.07 Å². The van der Waals surface area contributed by atoms with Crippen LogP contribution in [0.2, 0.25) is 0 Å². The van der Waals surface area contributed by atoms with Gasteiger partial charge in [0, 0.05) is 17.7 Å². The maximum atomic E-state index is 13.9. The van der Waals surface area contributed by atoms with Gasteiger partial charge in [-0.15, -0.1) is 0 Å². The van der Waals surface area contributed by atoms with E-state index in [4.69, 9.17) is 5.26 Å².